The van der Waals surface area contributed by atoms with Gasteiger partial charge in [0, 0.05) is 5.56 Å². The molecule has 110 valence electrons. The molecule has 4 N–H and O–H groups in total. The maximum atomic E-state index is 12.4. The maximum absolute atomic E-state index is 12.4. The molecule has 1 fully saturated rings. The topological polar surface area (TPSA) is 109 Å². The zero-order chi connectivity index (χ0) is 14.8. The van der Waals surface area contributed by atoms with Crippen LogP contribution in [0.3, 0.4) is 0 Å². The summed E-state index contributed by atoms with van der Waals surface area (Å²) in [5.41, 5.74) is 4.49. The lowest BCUT2D eigenvalue weighted by molar-refractivity contribution is 0.1000. The molecule has 1 amide bonds. The Labute approximate surface area is 118 Å². The number of primary amides is 1. The SMILES string of the molecule is NC(=O)c1cccc(S(=O)(=O)NC2(CO)CCCC2)c1. The minimum atomic E-state index is -3.79. The average molecular weight is 298 g/mol. The Hall–Kier alpha value is -1.44. The molecule has 1 aliphatic carbocycles. The minimum absolute atomic E-state index is 0.0199. The predicted octanol–water partition coefficient (Wildman–Crippen LogP) is 0.369. The van der Waals surface area contributed by atoms with Crippen molar-refractivity contribution in [3.63, 3.8) is 0 Å². The van der Waals surface area contributed by atoms with Gasteiger partial charge in [0.1, 0.15) is 0 Å². The molecule has 0 heterocycles. The van der Waals surface area contributed by atoms with Crippen LogP contribution in [0, 0.1) is 0 Å². The lowest BCUT2D eigenvalue weighted by Crippen LogP contribution is -2.49. The van der Waals surface area contributed by atoms with Crippen molar-refractivity contribution >= 4 is 15.9 Å². The van der Waals surface area contributed by atoms with E-state index >= 15 is 0 Å². The summed E-state index contributed by atoms with van der Waals surface area (Å²) in [6.07, 6.45) is 2.98. The van der Waals surface area contributed by atoms with Gasteiger partial charge in [0.05, 0.1) is 17.0 Å². The summed E-state index contributed by atoms with van der Waals surface area (Å²) in [6.45, 7) is -0.234. The van der Waals surface area contributed by atoms with Crippen LogP contribution in [0.5, 0.6) is 0 Å². The van der Waals surface area contributed by atoms with Gasteiger partial charge in [-0.25, -0.2) is 13.1 Å². The Morgan fingerprint density at radius 3 is 2.55 bits per heavy atom. The Bertz CT molecular complexity index is 607. The van der Waals surface area contributed by atoms with E-state index in [1.807, 2.05) is 0 Å². The number of hydrogen-bond acceptors (Lipinski definition) is 4. The van der Waals surface area contributed by atoms with Gasteiger partial charge in [-0.2, -0.15) is 0 Å². The Kier molecular flexibility index (Phi) is 4.12. The number of sulfonamides is 1. The largest absolute Gasteiger partial charge is 0.394 e. The number of carbonyl (C=O) groups is 1. The fourth-order valence-corrected chi connectivity index (χ4v) is 4.00. The second-order valence-corrected chi connectivity index (χ2v) is 6.83. The molecule has 1 aromatic rings. The van der Waals surface area contributed by atoms with Gasteiger partial charge in [0.2, 0.25) is 15.9 Å². The van der Waals surface area contributed by atoms with Crippen LogP contribution in [-0.2, 0) is 10.0 Å². The number of hydrogen-bond donors (Lipinski definition) is 3. The second-order valence-electron chi connectivity index (χ2n) is 5.14. The molecule has 1 saturated carbocycles. The summed E-state index contributed by atoms with van der Waals surface area (Å²) in [4.78, 5) is 11.1. The third-order valence-corrected chi connectivity index (χ3v) is 5.22. The molecule has 1 aromatic carbocycles. The lowest BCUT2D eigenvalue weighted by Gasteiger charge is -2.27. The number of aliphatic hydroxyl groups is 1. The van der Waals surface area contributed by atoms with Gasteiger partial charge in [0.15, 0.2) is 0 Å². The van der Waals surface area contributed by atoms with E-state index in [2.05, 4.69) is 4.72 Å². The van der Waals surface area contributed by atoms with Crippen molar-refractivity contribution in [3.05, 3.63) is 29.8 Å². The van der Waals surface area contributed by atoms with Crippen molar-refractivity contribution < 1.29 is 18.3 Å². The van der Waals surface area contributed by atoms with Gasteiger partial charge < -0.3 is 10.8 Å². The van der Waals surface area contributed by atoms with E-state index in [4.69, 9.17) is 5.73 Å². The fraction of sp³-hybridized carbons (Fsp3) is 0.462. The third kappa shape index (κ3) is 3.00. The standard InChI is InChI=1S/C13H18N2O4S/c14-12(17)10-4-3-5-11(8-10)20(18,19)15-13(9-16)6-1-2-7-13/h3-5,8,15-16H,1-2,6-7,9H2,(H2,14,17). The van der Waals surface area contributed by atoms with Gasteiger partial charge >= 0.3 is 0 Å². The molecule has 7 heteroatoms. The first-order chi connectivity index (χ1) is 9.38. The van der Waals surface area contributed by atoms with E-state index in [0.29, 0.717) is 12.8 Å². The van der Waals surface area contributed by atoms with Crippen molar-refractivity contribution in [3.8, 4) is 0 Å². The van der Waals surface area contributed by atoms with Gasteiger partial charge in [-0.1, -0.05) is 18.9 Å². The number of carbonyl (C=O) groups excluding carboxylic acids is 1. The maximum Gasteiger partial charge on any atom is 0.248 e. The minimum Gasteiger partial charge on any atom is -0.394 e. The van der Waals surface area contributed by atoms with E-state index in [-0.39, 0.29) is 17.1 Å². The van der Waals surface area contributed by atoms with Crippen LogP contribution in [0.1, 0.15) is 36.0 Å². The van der Waals surface area contributed by atoms with E-state index in [1.165, 1.54) is 24.3 Å². The zero-order valence-corrected chi connectivity index (χ0v) is 11.8. The Morgan fingerprint density at radius 1 is 1.35 bits per heavy atom. The molecule has 0 radical (unpaired) electrons. The third-order valence-electron chi connectivity index (χ3n) is 3.64. The summed E-state index contributed by atoms with van der Waals surface area (Å²) in [6, 6.07) is 5.56. The Morgan fingerprint density at radius 2 is 2.00 bits per heavy atom. The highest BCUT2D eigenvalue weighted by atomic mass is 32.2. The van der Waals surface area contributed by atoms with Crippen LogP contribution in [0.2, 0.25) is 0 Å². The molecule has 0 unspecified atom stereocenters. The van der Waals surface area contributed by atoms with Crippen LogP contribution in [0.15, 0.2) is 29.2 Å². The van der Waals surface area contributed by atoms with E-state index in [0.717, 1.165) is 12.8 Å². The summed E-state index contributed by atoms with van der Waals surface area (Å²) in [7, 11) is -3.79. The molecule has 0 aliphatic heterocycles. The average Bonchev–Trinajstić information content (AvgIpc) is 2.87. The highest BCUT2D eigenvalue weighted by Gasteiger charge is 2.37. The first kappa shape index (κ1) is 15.0. The molecular weight excluding hydrogens is 280 g/mol. The van der Waals surface area contributed by atoms with Crippen molar-refractivity contribution in [1.82, 2.24) is 4.72 Å². The quantitative estimate of drug-likeness (QED) is 0.729. The van der Waals surface area contributed by atoms with Crippen LogP contribution in [0.4, 0.5) is 0 Å². The molecule has 0 atom stereocenters. The van der Waals surface area contributed by atoms with Crippen molar-refractivity contribution in [2.45, 2.75) is 36.1 Å². The number of amides is 1. The zero-order valence-electron chi connectivity index (χ0n) is 11.0. The second kappa shape index (κ2) is 5.51. The summed E-state index contributed by atoms with van der Waals surface area (Å²) in [5.74, 6) is -0.681. The number of nitrogens with one attached hydrogen (secondary N) is 1. The fourth-order valence-electron chi connectivity index (χ4n) is 2.50. The molecule has 20 heavy (non-hydrogen) atoms. The molecule has 0 spiro atoms. The summed E-state index contributed by atoms with van der Waals surface area (Å²) in [5, 5.41) is 9.47. The van der Waals surface area contributed by atoms with Gasteiger partial charge in [-0.05, 0) is 31.0 Å². The van der Waals surface area contributed by atoms with Crippen molar-refractivity contribution in [2.24, 2.45) is 5.73 Å². The smallest absolute Gasteiger partial charge is 0.248 e. The lowest BCUT2D eigenvalue weighted by atomic mass is 10.0. The predicted molar refractivity (Wildman–Crippen MR) is 73.6 cm³/mol. The van der Waals surface area contributed by atoms with Gasteiger partial charge in [-0.3, -0.25) is 4.79 Å². The van der Waals surface area contributed by atoms with Crippen molar-refractivity contribution in [2.75, 3.05) is 6.61 Å². The van der Waals surface area contributed by atoms with Gasteiger partial charge in [0.25, 0.3) is 0 Å². The summed E-state index contributed by atoms with van der Waals surface area (Å²) >= 11 is 0. The van der Waals surface area contributed by atoms with E-state index in [9.17, 15) is 18.3 Å². The normalized spacial score (nSPS) is 18.1. The highest BCUT2D eigenvalue weighted by molar-refractivity contribution is 7.89. The Balaban J connectivity index is 2.30. The first-order valence-electron chi connectivity index (χ1n) is 6.43. The molecule has 0 saturated heterocycles. The molecule has 0 bridgehead atoms. The van der Waals surface area contributed by atoms with E-state index in [1.54, 1.807) is 0 Å². The monoisotopic (exact) mass is 298 g/mol. The summed E-state index contributed by atoms with van der Waals surface area (Å²) < 4.78 is 27.3. The van der Waals surface area contributed by atoms with E-state index < -0.39 is 21.5 Å². The van der Waals surface area contributed by atoms with Crippen LogP contribution in [0.25, 0.3) is 0 Å². The van der Waals surface area contributed by atoms with Crippen LogP contribution >= 0.6 is 0 Å². The van der Waals surface area contributed by atoms with Gasteiger partial charge in [-0.15, -0.1) is 0 Å². The first-order valence-corrected chi connectivity index (χ1v) is 7.92. The molecule has 0 aromatic heterocycles. The van der Waals surface area contributed by atoms with Crippen molar-refractivity contribution in [1.29, 1.82) is 0 Å². The molecule has 6 nitrogen and oxygen atoms in total. The molecule has 2 rings (SSSR count). The van der Waals surface area contributed by atoms with Crippen LogP contribution < -0.4 is 10.5 Å². The number of benzene rings is 1. The molecule has 1 aliphatic rings. The van der Waals surface area contributed by atoms with Crippen LogP contribution in [-0.4, -0.2) is 31.6 Å². The highest BCUT2D eigenvalue weighted by Crippen LogP contribution is 2.30. The number of aliphatic hydroxyl groups excluding tert-OH is 1. The molecular formula is C13H18N2O4S. The number of rotatable bonds is 5. The number of nitrogens with two attached hydrogens (primary N) is 1.